The fourth-order valence-corrected chi connectivity index (χ4v) is 1.26. The van der Waals surface area contributed by atoms with Crippen LogP contribution >= 0.6 is 0 Å². The van der Waals surface area contributed by atoms with Gasteiger partial charge in [0, 0.05) is 18.7 Å². The largest absolute Gasteiger partial charge is 0.380 e. The summed E-state index contributed by atoms with van der Waals surface area (Å²) in [7, 11) is 2.17. The smallest absolute Gasteiger partial charge is 0.0622 e. The molecule has 0 aliphatic carbocycles. The van der Waals surface area contributed by atoms with Crippen LogP contribution in [0.5, 0.6) is 0 Å². The molecule has 1 saturated heterocycles. The zero-order valence-corrected chi connectivity index (χ0v) is 7.13. The molecule has 1 atom stereocenters. The van der Waals surface area contributed by atoms with Crippen molar-refractivity contribution in [1.29, 1.82) is 0 Å². The highest BCUT2D eigenvalue weighted by molar-refractivity contribution is 4.74. The van der Waals surface area contributed by atoms with E-state index in [-0.39, 0.29) is 0 Å². The van der Waals surface area contributed by atoms with E-state index in [2.05, 4.69) is 25.8 Å². The normalized spacial score (nSPS) is 26.7. The molecule has 0 saturated carbocycles. The van der Waals surface area contributed by atoms with Crippen LogP contribution in [0, 0.1) is 0 Å². The van der Waals surface area contributed by atoms with Crippen LogP contribution in [0.3, 0.4) is 0 Å². The first-order valence-corrected chi connectivity index (χ1v) is 4.01. The molecular formula is C8H17NO. The van der Waals surface area contributed by atoms with Crippen molar-refractivity contribution >= 4 is 0 Å². The summed E-state index contributed by atoms with van der Waals surface area (Å²) < 4.78 is 5.29. The summed E-state index contributed by atoms with van der Waals surface area (Å²) in [4.78, 5) is 2.38. The van der Waals surface area contributed by atoms with Crippen LogP contribution in [0.2, 0.25) is 0 Å². The van der Waals surface area contributed by atoms with Crippen LogP contribution in [0.25, 0.3) is 0 Å². The maximum Gasteiger partial charge on any atom is 0.0622 e. The van der Waals surface area contributed by atoms with Gasteiger partial charge in [-0.15, -0.1) is 0 Å². The summed E-state index contributed by atoms with van der Waals surface area (Å²) in [5.74, 6) is 0. The Kier molecular flexibility index (Phi) is 2.69. The maximum absolute atomic E-state index is 5.29. The zero-order valence-electron chi connectivity index (χ0n) is 7.13. The monoisotopic (exact) mass is 143 g/mol. The quantitative estimate of drug-likeness (QED) is 0.574. The molecule has 0 aromatic rings. The van der Waals surface area contributed by atoms with Crippen molar-refractivity contribution in [3.8, 4) is 0 Å². The molecule has 2 heteroatoms. The van der Waals surface area contributed by atoms with Gasteiger partial charge in [0.2, 0.25) is 0 Å². The molecule has 0 amide bonds. The maximum atomic E-state index is 5.29. The Balaban J connectivity index is 2.32. The molecular weight excluding hydrogens is 126 g/mol. The summed E-state index contributed by atoms with van der Waals surface area (Å²) in [5, 5.41) is 0. The van der Waals surface area contributed by atoms with Crippen LogP contribution in [0.1, 0.15) is 20.3 Å². The Bertz CT molecular complexity index is 97.4. The molecule has 0 radical (unpaired) electrons. The van der Waals surface area contributed by atoms with Gasteiger partial charge < -0.3 is 4.74 Å². The highest BCUT2D eigenvalue weighted by atomic mass is 16.5. The second-order valence-electron chi connectivity index (χ2n) is 3.28. The SMILES string of the molecule is CC(C)N(C)[C@@H]1CCOC1. The van der Waals surface area contributed by atoms with Crippen LogP contribution in [-0.4, -0.2) is 37.2 Å². The molecule has 0 aromatic heterocycles. The third kappa shape index (κ3) is 1.70. The number of nitrogens with zero attached hydrogens (tertiary/aromatic N) is 1. The number of likely N-dealkylation sites (N-methyl/N-ethyl adjacent to an activating group) is 1. The number of ether oxygens (including phenoxy) is 1. The van der Waals surface area contributed by atoms with E-state index in [1.807, 2.05) is 0 Å². The van der Waals surface area contributed by atoms with Gasteiger partial charge in [-0.25, -0.2) is 0 Å². The second-order valence-corrected chi connectivity index (χ2v) is 3.28. The van der Waals surface area contributed by atoms with Crippen LogP contribution in [-0.2, 0) is 4.74 Å². The average molecular weight is 143 g/mol. The summed E-state index contributed by atoms with van der Waals surface area (Å²) in [6.45, 7) is 6.31. The molecule has 2 nitrogen and oxygen atoms in total. The van der Waals surface area contributed by atoms with Crippen molar-refractivity contribution in [2.45, 2.75) is 32.4 Å². The second kappa shape index (κ2) is 3.35. The molecule has 10 heavy (non-hydrogen) atoms. The van der Waals surface area contributed by atoms with E-state index in [0.29, 0.717) is 12.1 Å². The topological polar surface area (TPSA) is 12.5 Å². The van der Waals surface area contributed by atoms with E-state index in [9.17, 15) is 0 Å². The summed E-state index contributed by atoms with van der Waals surface area (Å²) in [6.07, 6.45) is 1.20. The molecule has 1 rings (SSSR count). The third-order valence-corrected chi connectivity index (χ3v) is 2.30. The van der Waals surface area contributed by atoms with Crippen LogP contribution in [0.15, 0.2) is 0 Å². The lowest BCUT2D eigenvalue weighted by Gasteiger charge is -2.26. The third-order valence-electron chi connectivity index (χ3n) is 2.30. The van der Waals surface area contributed by atoms with Crippen LogP contribution in [0.4, 0.5) is 0 Å². The molecule has 0 unspecified atom stereocenters. The predicted molar refractivity (Wildman–Crippen MR) is 42.1 cm³/mol. The predicted octanol–water partition coefficient (Wildman–Crippen LogP) is 1.12. The van der Waals surface area contributed by atoms with Crippen LogP contribution < -0.4 is 0 Å². The lowest BCUT2D eigenvalue weighted by atomic mass is 10.2. The van der Waals surface area contributed by atoms with Gasteiger partial charge >= 0.3 is 0 Å². The fraction of sp³-hybridized carbons (Fsp3) is 1.00. The van der Waals surface area contributed by atoms with Gasteiger partial charge in [0.1, 0.15) is 0 Å². The number of hydrogen-bond donors (Lipinski definition) is 0. The van der Waals surface area contributed by atoms with E-state index in [4.69, 9.17) is 4.74 Å². The van der Waals surface area contributed by atoms with Gasteiger partial charge in [0.25, 0.3) is 0 Å². The van der Waals surface area contributed by atoms with E-state index in [0.717, 1.165) is 13.2 Å². The van der Waals surface area contributed by atoms with Crippen molar-refractivity contribution in [2.75, 3.05) is 20.3 Å². The minimum absolute atomic E-state index is 0.645. The van der Waals surface area contributed by atoms with Crippen molar-refractivity contribution in [3.05, 3.63) is 0 Å². The highest BCUT2D eigenvalue weighted by Crippen LogP contribution is 2.12. The lowest BCUT2D eigenvalue weighted by molar-refractivity contribution is 0.143. The molecule has 0 bridgehead atoms. The minimum Gasteiger partial charge on any atom is -0.380 e. The van der Waals surface area contributed by atoms with Gasteiger partial charge in [-0.1, -0.05) is 0 Å². The molecule has 1 aliphatic rings. The van der Waals surface area contributed by atoms with Crippen molar-refractivity contribution in [3.63, 3.8) is 0 Å². The van der Waals surface area contributed by atoms with Gasteiger partial charge in [0.05, 0.1) is 6.61 Å². The van der Waals surface area contributed by atoms with E-state index >= 15 is 0 Å². The van der Waals surface area contributed by atoms with Gasteiger partial charge in [-0.2, -0.15) is 0 Å². The Hall–Kier alpha value is -0.0800. The van der Waals surface area contributed by atoms with E-state index in [1.54, 1.807) is 0 Å². The molecule has 1 heterocycles. The Morgan fingerprint density at radius 2 is 2.20 bits per heavy atom. The van der Waals surface area contributed by atoms with E-state index in [1.165, 1.54) is 6.42 Å². The lowest BCUT2D eigenvalue weighted by Crippen LogP contribution is -2.37. The first-order chi connectivity index (χ1) is 4.72. The fourth-order valence-electron chi connectivity index (χ4n) is 1.26. The first kappa shape index (κ1) is 8.02. The Labute approximate surface area is 63.2 Å². The van der Waals surface area contributed by atoms with Gasteiger partial charge in [-0.3, -0.25) is 4.90 Å². The molecule has 0 spiro atoms. The molecule has 60 valence electrons. The Morgan fingerprint density at radius 1 is 1.50 bits per heavy atom. The Morgan fingerprint density at radius 3 is 2.60 bits per heavy atom. The number of rotatable bonds is 2. The molecule has 1 aliphatic heterocycles. The standard InChI is InChI=1S/C8H17NO/c1-7(2)9(3)8-4-5-10-6-8/h7-8H,4-6H2,1-3H3/t8-/m1/s1. The first-order valence-electron chi connectivity index (χ1n) is 4.01. The summed E-state index contributed by atoms with van der Waals surface area (Å²) >= 11 is 0. The van der Waals surface area contributed by atoms with Gasteiger partial charge in [0.15, 0.2) is 0 Å². The summed E-state index contributed by atoms with van der Waals surface area (Å²) in [5.41, 5.74) is 0. The zero-order chi connectivity index (χ0) is 7.56. The minimum atomic E-state index is 0.645. The van der Waals surface area contributed by atoms with E-state index < -0.39 is 0 Å². The molecule has 0 N–H and O–H groups in total. The highest BCUT2D eigenvalue weighted by Gasteiger charge is 2.21. The van der Waals surface area contributed by atoms with Gasteiger partial charge in [-0.05, 0) is 27.3 Å². The molecule has 1 fully saturated rings. The van der Waals surface area contributed by atoms with Crippen molar-refractivity contribution < 1.29 is 4.74 Å². The summed E-state index contributed by atoms with van der Waals surface area (Å²) in [6, 6.07) is 1.31. The number of hydrogen-bond acceptors (Lipinski definition) is 2. The molecule has 0 aromatic carbocycles. The average Bonchev–Trinajstić information content (AvgIpc) is 2.36. The van der Waals surface area contributed by atoms with Crippen molar-refractivity contribution in [2.24, 2.45) is 0 Å². The van der Waals surface area contributed by atoms with Crippen molar-refractivity contribution in [1.82, 2.24) is 4.90 Å².